The normalized spacial score (nSPS) is 17.6. The summed E-state index contributed by atoms with van der Waals surface area (Å²) in [6.07, 6.45) is -26.5. The van der Waals surface area contributed by atoms with Crippen molar-refractivity contribution in [2.45, 2.75) is 120 Å². The molecule has 0 rings (SSSR count). The molecular weight excluding hydrogens is 1050 g/mol. The molecule has 0 radical (unpaired) electrons. The Labute approximate surface area is 320 Å². The van der Waals surface area contributed by atoms with Crippen LogP contribution in [0.15, 0.2) is 12.2 Å². The van der Waals surface area contributed by atoms with Crippen LogP contribution < -0.4 is 0 Å². The molecule has 1 unspecified atom stereocenters. The molecule has 0 aromatic heterocycles. The summed E-state index contributed by atoms with van der Waals surface area (Å²) in [6.45, 7) is 1.33. The van der Waals surface area contributed by atoms with E-state index in [1.165, 1.54) is 0 Å². The zero-order valence-electron chi connectivity index (χ0n) is 27.8. The molecular formula is C23H5F39O2. The van der Waals surface area contributed by atoms with Gasteiger partial charge in [-0.05, 0) is 6.92 Å². The lowest BCUT2D eigenvalue weighted by Gasteiger charge is -2.48. The van der Waals surface area contributed by atoms with E-state index in [9.17, 15) is 172 Å². The average molecular weight is 1050 g/mol. The van der Waals surface area contributed by atoms with Crippen molar-refractivity contribution in [1.82, 2.24) is 0 Å². The fourth-order valence-electron chi connectivity index (χ4n) is 3.83. The first-order valence-corrected chi connectivity index (χ1v) is 13.6. The highest BCUT2D eigenvalue weighted by Gasteiger charge is 3.04. The van der Waals surface area contributed by atoms with Gasteiger partial charge in [-0.3, -0.25) is 0 Å². The monoisotopic (exact) mass is 1050 g/mol. The average Bonchev–Trinajstić information content (AvgIpc) is 3.04. The number of rotatable bonds is 17. The van der Waals surface area contributed by atoms with Crippen molar-refractivity contribution < 1.29 is 181 Å². The molecule has 0 spiro atoms. The van der Waals surface area contributed by atoms with Gasteiger partial charge in [-0.2, -0.15) is 167 Å². The summed E-state index contributed by atoms with van der Waals surface area (Å²) in [4.78, 5) is 11.4. The summed E-state index contributed by atoms with van der Waals surface area (Å²) in [5, 5.41) is 0. The molecule has 41 heteroatoms. The fourth-order valence-corrected chi connectivity index (χ4v) is 3.83. The van der Waals surface area contributed by atoms with E-state index in [1.54, 1.807) is 4.74 Å². The van der Waals surface area contributed by atoms with E-state index in [4.69, 9.17) is 0 Å². The van der Waals surface area contributed by atoms with E-state index < -0.39 is 131 Å². The predicted octanol–water partition coefficient (Wildman–Crippen LogP) is 13.1. The molecule has 0 fully saturated rings. The minimum atomic E-state index is -10.6. The maximum atomic E-state index is 15.3. The van der Waals surface area contributed by atoms with Crippen molar-refractivity contribution in [1.29, 1.82) is 0 Å². The summed E-state index contributed by atoms with van der Waals surface area (Å²) in [7, 11) is 0. The molecule has 0 N–H and O–H groups in total. The molecule has 0 bridgehead atoms. The lowest BCUT2D eigenvalue weighted by Crippen LogP contribution is -2.82. The van der Waals surface area contributed by atoms with Crippen molar-refractivity contribution in [3.63, 3.8) is 0 Å². The van der Waals surface area contributed by atoms with Crippen LogP contribution in [0.1, 0.15) is 6.92 Å². The van der Waals surface area contributed by atoms with Gasteiger partial charge in [0.1, 0.15) is 0 Å². The van der Waals surface area contributed by atoms with Crippen LogP contribution >= 0.6 is 0 Å². The molecule has 0 saturated carbocycles. The molecule has 1 atom stereocenters. The van der Waals surface area contributed by atoms with Gasteiger partial charge in [0.25, 0.3) is 0 Å². The van der Waals surface area contributed by atoms with Gasteiger partial charge in [-0.1, -0.05) is 6.58 Å². The van der Waals surface area contributed by atoms with Crippen molar-refractivity contribution in [2.75, 3.05) is 0 Å². The highest BCUT2D eigenvalue weighted by molar-refractivity contribution is 5.87. The summed E-state index contributed by atoms with van der Waals surface area (Å²) in [5.41, 5.74) is -12.1. The van der Waals surface area contributed by atoms with Gasteiger partial charge >= 0.3 is 119 Å². The highest BCUT2D eigenvalue weighted by atomic mass is 19.5. The van der Waals surface area contributed by atoms with E-state index >= 15 is 4.39 Å². The Morgan fingerprint density at radius 2 is 0.453 bits per heavy atom. The number of carbonyl (C=O) groups is 1. The van der Waals surface area contributed by atoms with Gasteiger partial charge < -0.3 is 4.74 Å². The van der Waals surface area contributed by atoms with Gasteiger partial charge in [0.2, 0.25) is 0 Å². The van der Waals surface area contributed by atoms with Crippen LogP contribution in [0.5, 0.6) is 0 Å². The molecule has 0 aliphatic heterocycles. The topological polar surface area (TPSA) is 26.3 Å². The first-order chi connectivity index (χ1) is 26.8. The Bertz CT molecular complexity index is 1740. The van der Waals surface area contributed by atoms with Crippen LogP contribution in [0.25, 0.3) is 0 Å². The number of alkyl halides is 39. The zero-order valence-corrected chi connectivity index (χ0v) is 27.8. The minimum Gasteiger partial charge on any atom is -0.413 e. The largest absolute Gasteiger partial charge is 0.460 e. The van der Waals surface area contributed by atoms with E-state index in [-0.39, 0.29) is 0 Å². The van der Waals surface area contributed by atoms with Crippen molar-refractivity contribution in [3.05, 3.63) is 12.2 Å². The third kappa shape index (κ3) is 6.89. The van der Waals surface area contributed by atoms with Crippen LogP contribution in [0, 0.1) is 0 Å². The summed E-state index contributed by atoms with van der Waals surface area (Å²) < 4.78 is 537. The second-order valence-corrected chi connectivity index (χ2v) is 12.0. The standard InChI is InChI=1S/C23H5F39O2/c1-3(2)4(63)64-20(53,18(49,50)15(43,44)13(39,40)16(45,46)19(51,52)23(60,61)62)17(47,48)14(41,42)12(37,38)11(35,36)10(33,34)9(31,32)8(29,30)7(27,28)6(25,26)5(24,21(54,55)56)22(57,58)59/h1H2,2H3. The first kappa shape index (κ1) is 60.5. The second-order valence-electron chi connectivity index (χ2n) is 12.0. The molecule has 0 saturated heterocycles. The molecule has 0 aliphatic rings. The van der Waals surface area contributed by atoms with E-state index in [2.05, 4.69) is 0 Å². The van der Waals surface area contributed by atoms with Crippen LogP contribution in [0.3, 0.4) is 0 Å². The van der Waals surface area contributed by atoms with Crippen LogP contribution in [0.2, 0.25) is 0 Å². The van der Waals surface area contributed by atoms with Crippen LogP contribution in [-0.4, -0.2) is 119 Å². The smallest absolute Gasteiger partial charge is 0.413 e. The number of hydrogen-bond donors (Lipinski definition) is 0. The third-order valence-electron chi connectivity index (χ3n) is 7.69. The number of carbonyl (C=O) groups excluding carboxylic acids is 1. The maximum absolute atomic E-state index is 15.3. The minimum absolute atomic E-state index is 0.511. The summed E-state index contributed by atoms with van der Waals surface area (Å²) >= 11 is 0. The van der Waals surface area contributed by atoms with Gasteiger partial charge in [-0.15, -0.1) is 0 Å². The molecule has 382 valence electrons. The van der Waals surface area contributed by atoms with Crippen LogP contribution in [-0.2, 0) is 9.53 Å². The lowest BCUT2D eigenvalue weighted by atomic mass is 9.80. The van der Waals surface area contributed by atoms with E-state index in [0.717, 1.165) is 0 Å². The van der Waals surface area contributed by atoms with E-state index in [1.807, 2.05) is 6.58 Å². The summed E-state index contributed by atoms with van der Waals surface area (Å²) in [5.74, 6) is -156. The van der Waals surface area contributed by atoms with Gasteiger partial charge in [0.15, 0.2) is 0 Å². The number of esters is 1. The number of halogens is 39. The molecule has 64 heavy (non-hydrogen) atoms. The van der Waals surface area contributed by atoms with Gasteiger partial charge in [0, 0.05) is 5.57 Å². The second kappa shape index (κ2) is 14.7. The number of hydrogen-bond acceptors (Lipinski definition) is 2. The quantitative estimate of drug-likeness (QED) is 0.0824. The van der Waals surface area contributed by atoms with Crippen molar-refractivity contribution in [3.8, 4) is 0 Å². The molecule has 0 aromatic rings. The lowest BCUT2D eigenvalue weighted by molar-refractivity contribution is -0.502. The van der Waals surface area contributed by atoms with E-state index in [0.29, 0.717) is 0 Å². The Morgan fingerprint density at radius 1 is 0.281 bits per heavy atom. The highest BCUT2D eigenvalue weighted by Crippen LogP contribution is 2.71. The molecule has 0 heterocycles. The Hall–Kier alpha value is -3.52. The maximum Gasteiger partial charge on any atom is 0.460 e. The first-order valence-electron chi connectivity index (χ1n) is 13.6. The third-order valence-corrected chi connectivity index (χ3v) is 7.69. The Balaban J connectivity index is 8.55. The Kier molecular flexibility index (Phi) is 13.9. The molecule has 0 aliphatic carbocycles. The predicted molar refractivity (Wildman–Crippen MR) is 116 cm³/mol. The van der Waals surface area contributed by atoms with Crippen LogP contribution in [0.4, 0.5) is 171 Å². The SMILES string of the molecule is C=C(C)C(=O)OC(F)(C(F)(F)C(F)(F)C(F)(F)C(F)(F)C(F)(F)C(F)(F)F)C(F)(F)C(F)(F)C(F)(F)C(F)(F)C(F)(F)C(F)(F)C(F)(F)C(F)(F)C(F)(F)C(F)(C(F)(F)F)C(F)(F)F. The molecule has 0 aromatic carbocycles. The van der Waals surface area contributed by atoms with Crippen molar-refractivity contribution >= 4 is 5.97 Å². The van der Waals surface area contributed by atoms with Crippen molar-refractivity contribution in [2.24, 2.45) is 0 Å². The fraction of sp³-hybridized carbons (Fsp3) is 0.870. The molecule has 2 nitrogen and oxygen atoms in total. The summed E-state index contributed by atoms with van der Waals surface area (Å²) in [6, 6.07) is 0. The Morgan fingerprint density at radius 3 is 0.625 bits per heavy atom. The van der Waals surface area contributed by atoms with Gasteiger partial charge in [-0.25, -0.2) is 9.18 Å². The number of ether oxygens (including phenoxy) is 1. The molecule has 0 amide bonds. The zero-order chi connectivity index (χ0) is 53.4. The van der Waals surface area contributed by atoms with Gasteiger partial charge in [0.05, 0.1) is 0 Å².